The SMILES string of the molecule is COc1cc(CCN)ccc1OCCN1CCOCC1. The van der Waals surface area contributed by atoms with Crippen molar-refractivity contribution < 1.29 is 14.2 Å². The van der Waals surface area contributed by atoms with Crippen LogP contribution in [0.1, 0.15) is 5.56 Å². The molecular weight excluding hydrogens is 256 g/mol. The number of nitrogens with two attached hydrogens (primary N) is 1. The lowest BCUT2D eigenvalue weighted by atomic mass is 10.1. The molecule has 1 saturated heterocycles. The average molecular weight is 280 g/mol. The molecule has 2 rings (SSSR count). The van der Waals surface area contributed by atoms with Gasteiger partial charge in [-0.05, 0) is 30.7 Å². The Hall–Kier alpha value is -1.30. The van der Waals surface area contributed by atoms with E-state index in [0.717, 1.165) is 50.8 Å². The Morgan fingerprint density at radius 3 is 2.75 bits per heavy atom. The van der Waals surface area contributed by atoms with Gasteiger partial charge in [-0.25, -0.2) is 0 Å². The zero-order valence-corrected chi connectivity index (χ0v) is 12.1. The number of hydrogen-bond acceptors (Lipinski definition) is 5. The number of hydrogen-bond donors (Lipinski definition) is 1. The van der Waals surface area contributed by atoms with Crippen LogP contribution in [0.5, 0.6) is 11.5 Å². The first kappa shape index (κ1) is 15.1. The summed E-state index contributed by atoms with van der Waals surface area (Å²) in [7, 11) is 1.66. The minimum Gasteiger partial charge on any atom is -0.493 e. The Morgan fingerprint density at radius 1 is 1.25 bits per heavy atom. The first-order valence-electron chi connectivity index (χ1n) is 7.13. The van der Waals surface area contributed by atoms with Crippen LogP contribution in [-0.4, -0.2) is 58.0 Å². The largest absolute Gasteiger partial charge is 0.493 e. The van der Waals surface area contributed by atoms with Crippen LogP contribution in [0.3, 0.4) is 0 Å². The molecular formula is C15H24N2O3. The van der Waals surface area contributed by atoms with Gasteiger partial charge in [0.05, 0.1) is 20.3 Å². The minimum atomic E-state index is 0.639. The van der Waals surface area contributed by atoms with E-state index in [-0.39, 0.29) is 0 Å². The summed E-state index contributed by atoms with van der Waals surface area (Å²) in [6, 6.07) is 6.00. The van der Waals surface area contributed by atoms with Crippen molar-refractivity contribution >= 4 is 0 Å². The molecule has 0 atom stereocenters. The molecule has 0 aromatic heterocycles. The number of ether oxygens (including phenoxy) is 3. The van der Waals surface area contributed by atoms with Crippen LogP contribution in [0, 0.1) is 0 Å². The van der Waals surface area contributed by atoms with E-state index >= 15 is 0 Å². The van der Waals surface area contributed by atoms with Gasteiger partial charge < -0.3 is 19.9 Å². The first-order valence-corrected chi connectivity index (χ1v) is 7.13. The Kier molecular flexibility index (Phi) is 6.11. The highest BCUT2D eigenvalue weighted by Crippen LogP contribution is 2.28. The predicted octanol–water partition coefficient (Wildman–Crippen LogP) is 0.907. The summed E-state index contributed by atoms with van der Waals surface area (Å²) in [5.41, 5.74) is 6.74. The second-order valence-corrected chi connectivity index (χ2v) is 4.83. The maximum atomic E-state index is 5.83. The second-order valence-electron chi connectivity index (χ2n) is 4.83. The van der Waals surface area contributed by atoms with Crippen molar-refractivity contribution in [3.63, 3.8) is 0 Å². The molecule has 1 aromatic rings. The van der Waals surface area contributed by atoms with E-state index in [1.165, 1.54) is 5.56 Å². The highest BCUT2D eigenvalue weighted by atomic mass is 16.5. The molecule has 5 heteroatoms. The van der Waals surface area contributed by atoms with Crippen LogP contribution in [0.15, 0.2) is 18.2 Å². The van der Waals surface area contributed by atoms with Crippen LogP contribution < -0.4 is 15.2 Å². The molecule has 1 aliphatic heterocycles. The molecule has 0 bridgehead atoms. The summed E-state index contributed by atoms with van der Waals surface area (Å²) in [4.78, 5) is 2.35. The van der Waals surface area contributed by atoms with Gasteiger partial charge in [0.2, 0.25) is 0 Å². The molecule has 0 aliphatic carbocycles. The lowest BCUT2D eigenvalue weighted by Crippen LogP contribution is -2.38. The summed E-state index contributed by atoms with van der Waals surface area (Å²) in [6.45, 7) is 5.81. The Bertz CT molecular complexity index is 406. The molecule has 20 heavy (non-hydrogen) atoms. The lowest BCUT2D eigenvalue weighted by molar-refractivity contribution is 0.0321. The summed E-state index contributed by atoms with van der Waals surface area (Å²) >= 11 is 0. The maximum Gasteiger partial charge on any atom is 0.161 e. The van der Waals surface area contributed by atoms with E-state index in [1.807, 2.05) is 18.2 Å². The van der Waals surface area contributed by atoms with Gasteiger partial charge in [0.1, 0.15) is 6.61 Å². The van der Waals surface area contributed by atoms with Crippen molar-refractivity contribution in [2.45, 2.75) is 6.42 Å². The smallest absolute Gasteiger partial charge is 0.161 e. The van der Waals surface area contributed by atoms with Crippen molar-refractivity contribution in [1.29, 1.82) is 0 Å². The Balaban J connectivity index is 1.84. The standard InChI is InChI=1S/C15H24N2O3/c1-18-15-12-13(4-5-16)2-3-14(15)20-11-8-17-6-9-19-10-7-17/h2-3,12H,4-11,16H2,1H3. The summed E-state index contributed by atoms with van der Waals surface area (Å²) in [5, 5.41) is 0. The number of nitrogens with zero attached hydrogens (tertiary/aromatic N) is 1. The Morgan fingerprint density at radius 2 is 2.05 bits per heavy atom. The number of morpholine rings is 1. The number of methoxy groups -OCH3 is 1. The fraction of sp³-hybridized carbons (Fsp3) is 0.600. The average Bonchev–Trinajstić information content (AvgIpc) is 2.50. The molecule has 1 aliphatic rings. The normalized spacial score (nSPS) is 16.1. The number of rotatable bonds is 7. The van der Waals surface area contributed by atoms with Gasteiger partial charge in [0.15, 0.2) is 11.5 Å². The molecule has 0 saturated carbocycles. The van der Waals surface area contributed by atoms with Crippen LogP contribution >= 0.6 is 0 Å². The summed E-state index contributed by atoms with van der Waals surface area (Å²) in [5.74, 6) is 1.57. The third kappa shape index (κ3) is 4.37. The highest BCUT2D eigenvalue weighted by Gasteiger charge is 2.11. The summed E-state index contributed by atoms with van der Waals surface area (Å²) in [6.07, 6.45) is 0.852. The molecule has 0 unspecified atom stereocenters. The highest BCUT2D eigenvalue weighted by molar-refractivity contribution is 5.43. The molecule has 1 aromatic carbocycles. The fourth-order valence-electron chi connectivity index (χ4n) is 2.26. The summed E-state index contributed by atoms with van der Waals surface area (Å²) < 4.78 is 16.5. The van der Waals surface area contributed by atoms with Crippen molar-refractivity contribution in [1.82, 2.24) is 4.90 Å². The van der Waals surface area contributed by atoms with Crippen LogP contribution in [0.25, 0.3) is 0 Å². The zero-order valence-electron chi connectivity index (χ0n) is 12.1. The van der Waals surface area contributed by atoms with E-state index in [1.54, 1.807) is 7.11 Å². The molecule has 0 spiro atoms. The van der Waals surface area contributed by atoms with Crippen LogP contribution in [0.2, 0.25) is 0 Å². The van der Waals surface area contributed by atoms with Gasteiger partial charge in [-0.3, -0.25) is 4.90 Å². The number of benzene rings is 1. The monoisotopic (exact) mass is 280 g/mol. The molecule has 5 nitrogen and oxygen atoms in total. The molecule has 112 valence electrons. The van der Waals surface area contributed by atoms with Gasteiger partial charge in [0, 0.05) is 19.6 Å². The van der Waals surface area contributed by atoms with E-state index in [0.29, 0.717) is 13.2 Å². The van der Waals surface area contributed by atoms with E-state index in [4.69, 9.17) is 19.9 Å². The maximum absolute atomic E-state index is 5.83. The van der Waals surface area contributed by atoms with Crippen molar-refractivity contribution in [3.05, 3.63) is 23.8 Å². The van der Waals surface area contributed by atoms with E-state index in [2.05, 4.69) is 4.90 Å². The van der Waals surface area contributed by atoms with Crippen LogP contribution in [-0.2, 0) is 11.2 Å². The quantitative estimate of drug-likeness (QED) is 0.804. The molecule has 1 fully saturated rings. The third-order valence-corrected chi connectivity index (χ3v) is 3.43. The zero-order chi connectivity index (χ0) is 14.2. The van der Waals surface area contributed by atoms with E-state index in [9.17, 15) is 0 Å². The van der Waals surface area contributed by atoms with Gasteiger partial charge in [-0.15, -0.1) is 0 Å². The minimum absolute atomic E-state index is 0.639. The van der Waals surface area contributed by atoms with Gasteiger partial charge in [0.25, 0.3) is 0 Å². The first-order chi connectivity index (χ1) is 9.83. The topological polar surface area (TPSA) is 57.0 Å². The Labute approximate surface area is 120 Å². The molecule has 0 radical (unpaired) electrons. The predicted molar refractivity (Wildman–Crippen MR) is 78.5 cm³/mol. The van der Waals surface area contributed by atoms with Crippen molar-refractivity contribution in [3.8, 4) is 11.5 Å². The van der Waals surface area contributed by atoms with E-state index < -0.39 is 0 Å². The van der Waals surface area contributed by atoms with Crippen molar-refractivity contribution in [2.75, 3.05) is 53.1 Å². The molecule has 2 N–H and O–H groups in total. The van der Waals surface area contributed by atoms with Gasteiger partial charge >= 0.3 is 0 Å². The third-order valence-electron chi connectivity index (χ3n) is 3.43. The molecule has 0 amide bonds. The van der Waals surface area contributed by atoms with Gasteiger partial charge in [-0.2, -0.15) is 0 Å². The second kappa shape index (κ2) is 8.09. The van der Waals surface area contributed by atoms with Crippen LogP contribution in [0.4, 0.5) is 0 Å². The molecule has 1 heterocycles. The lowest BCUT2D eigenvalue weighted by Gasteiger charge is -2.26. The fourth-order valence-corrected chi connectivity index (χ4v) is 2.26. The van der Waals surface area contributed by atoms with Gasteiger partial charge in [-0.1, -0.05) is 6.07 Å². The van der Waals surface area contributed by atoms with Crippen molar-refractivity contribution in [2.24, 2.45) is 5.73 Å².